The fraction of sp³-hybridized carbons (Fsp3) is 0.654. The molecule has 1 saturated carbocycles. The molecule has 0 aliphatic heterocycles. The van der Waals surface area contributed by atoms with E-state index in [1.165, 1.54) is 0 Å². The van der Waals surface area contributed by atoms with Gasteiger partial charge in [-0.3, -0.25) is 0 Å². The first-order chi connectivity index (χ1) is 15.9. The second-order valence-electron chi connectivity index (χ2n) is 9.00. The third-order valence-corrected chi connectivity index (χ3v) is 6.46. The Bertz CT molecular complexity index is 744. The first-order valence-electron chi connectivity index (χ1n) is 12.2. The summed E-state index contributed by atoms with van der Waals surface area (Å²) in [6.07, 6.45) is 8.47. The highest BCUT2D eigenvalue weighted by atomic mass is 16.5. The molecular formula is C26H40N2O5. The van der Waals surface area contributed by atoms with Crippen LogP contribution in [0.5, 0.6) is 5.75 Å². The van der Waals surface area contributed by atoms with Crippen molar-refractivity contribution in [1.82, 2.24) is 5.32 Å². The maximum Gasteiger partial charge on any atom is 0.319 e. The molecule has 5 N–H and O–H groups in total. The number of aliphatic hydroxyl groups excluding tert-OH is 3. The lowest BCUT2D eigenvalue weighted by Crippen LogP contribution is -2.50. The van der Waals surface area contributed by atoms with Gasteiger partial charge in [0.25, 0.3) is 0 Å². The molecule has 5 atom stereocenters. The Morgan fingerprint density at radius 2 is 1.85 bits per heavy atom. The van der Waals surface area contributed by atoms with Crippen LogP contribution in [0, 0.1) is 24.2 Å². The Kier molecular flexibility index (Phi) is 11.5. The van der Waals surface area contributed by atoms with E-state index in [0.29, 0.717) is 30.3 Å². The lowest BCUT2D eigenvalue weighted by molar-refractivity contribution is -0.122. The van der Waals surface area contributed by atoms with Crippen LogP contribution in [-0.2, 0) is 0 Å². The summed E-state index contributed by atoms with van der Waals surface area (Å²) in [5.74, 6) is 3.47. The molecular weight excluding hydrogens is 420 g/mol. The summed E-state index contributed by atoms with van der Waals surface area (Å²) in [5, 5.41) is 37.5. The molecule has 33 heavy (non-hydrogen) atoms. The standard InChI is InChI=1S/C26H40N2O5/c1-4-6-7-8-17-27-26(32)28-20-13-15-21(16-14-20)33-18(3)23(29)25(31)24(30)22(10-5-2)19-11-9-12-19/h1,13-16,18-19,22-25,29-31H,5-12,17H2,2-3H3,(H2,27,28,32)/t18-,22?,23?,24+,25?/m0/s1. The van der Waals surface area contributed by atoms with E-state index in [0.717, 1.165) is 44.9 Å². The number of carbonyl (C=O) groups is 1. The minimum absolute atomic E-state index is 0.00516. The van der Waals surface area contributed by atoms with Gasteiger partial charge in [-0.05, 0) is 62.3 Å². The van der Waals surface area contributed by atoms with Crippen LogP contribution in [0.1, 0.15) is 65.2 Å². The van der Waals surface area contributed by atoms with E-state index in [1.807, 2.05) is 0 Å². The first kappa shape index (κ1) is 27.0. The molecule has 0 aromatic heterocycles. The highest BCUT2D eigenvalue weighted by Gasteiger charge is 2.39. The van der Waals surface area contributed by atoms with Crippen LogP contribution in [-0.4, -0.2) is 52.3 Å². The number of urea groups is 1. The number of hydrogen-bond donors (Lipinski definition) is 5. The minimum Gasteiger partial charge on any atom is -0.488 e. The largest absolute Gasteiger partial charge is 0.488 e. The lowest BCUT2D eigenvalue weighted by atomic mass is 9.70. The monoisotopic (exact) mass is 460 g/mol. The molecule has 0 radical (unpaired) electrons. The van der Waals surface area contributed by atoms with Crippen molar-refractivity contribution in [3.63, 3.8) is 0 Å². The minimum atomic E-state index is -1.28. The van der Waals surface area contributed by atoms with E-state index < -0.39 is 24.4 Å². The van der Waals surface area contributed by atoms with Crippen molar-refractivity contribution in [2.45, 2.75) is 89.6 Å². The van der Waals surface area contributed by atoms with Crippen LogP contribution >= 0.6 is 0 Å². The van der Waals surface area contributed by atoms with Gasteiger partial charge < -0.3 is 30.7 Å². The number of anilines is 1. The Morgan fingerprint density at radius 3 is 2.42 bits per heavy atom. The molecule has 0 heterocycles. The maximum absolute atomic E-state index is 11.9. The maximum atomic E-state index is 11.9. The Labute approximate surface area is 197 Å². The highest BCUT2D eigenvalue weighted by molar-refractivity contribution is 5.89. The second kappa shape index (κ2) is 14.1. The van der Waals surface area contributed by atoms with Crippen molar-refractivity contribution in [2.75, 3.05) is 11.9 Å². The smallest absolute Gasteiger partial charge is 0.319 e. The molecule has 0 saturated heterocycles. The van der Waals surface area contributed by atoms with Gasteiger partial charge >= 0.3 is 6.03 Å². The summed E-state index contributed by atoms with van der Waals surface area (Å²) in [6.45, 7) is 4.28. The van der Waals surface area contributed by atoms with E-state index in [2.05, 4.69) is 23.5 Å². The van der Waals surface area contributed by atoms with Crippen molar-refractivity contribution < 1.29 is 24.9 Å². The SMILES string of the molecule is C#CCCCCNC(=O)Nc1ccc(O[C@@H](C)C(O)C(O)[C@H](O)C(CCC)C2CCC2)cc1. The number of nitrogens with one attached hydrogen (secondary N) is 2. The molecule has 3 unspecified atom stereocenters. The quantitative estimate of drug-likeness (QED) is 0.215. The molecule has 7 heteroatoms. The molecule has 7 nitrogen and oxygen atoms in total. The molecule has 1 aromatic rings. The molecule has 0 spiro atoms. The molecule has 1 fully saturated rings. The zero-order chi connectivity index (χ0) is 24.2. The number of ether oxygens (including phenoxy) is 1. The zero-order valence-corrected chi connectivity index (χ0v) is 19.9. The average molecular weight is 461 g/mol. The fourth-order valence-corrected chi connectivity index (χ4v) is 4.25. The normalized spacial score (nSPS) is 18.2. The number of amides is 2. The summed E-state index contributed by atoms with van der Waals surface area (Å²) < 4.78 is 5.78. The molecule has 184 valence electrons. The van der Waals surface area contributed by atoms with Gasteiger partial charge in [-0.2, -0.15) is 0 Å². The Balaban J connectivity index is 1.81. The number of benzene rings is 1. The predicted octanol–water partition coefficient (Wildman–Crippen LogP) is 3.68. The van der Waals surface area contributed by atoms with Gasteiger partial charge in [-0.25, -0.2) is 4.79 Å². The van der Waals surface area contributed by atoms with Crippen LogP contribution in [0.4, 0.5) is 10.5 Å². The summed E-state index contributed by atoms with van der Waals surface area (Å²) in [7, 11) is 0. The van der Waals surface area contributed by atoms with Crippen LogP contribution < -0.4 is 15.4 Å². The first-order valence-corrected chi connectivity index (χ1v) is 12.2. The number of carbonyl (C=O) groups excluding carboxylic acids is 1. The third-order valence-electron chi connectivity index (χ3n) is 6.46. The van der Waals surface area contributed by atoms with Gasteiger partial charge in [-0.1, -0.05) is 32.6 Å². The van der Waals surface area contributed by atoms with Gasteiger partial charge in [0.2, 0.25) is 0 Å². The van der Waals surface area contributed by atoms with Gasteiger partial charge in [0.05, 0.1) is 6.10 Å². The van der Waals surface area contributed by atoms with Crippen molar-refractivity contribution >= 4 is 11.7 Å². The van der Waals surface area contributed by atoms with E-state index >= 15 is 0 Å². The van der Waals surface area contributed by atoms with Crippen molar-refractivity contribution in [3.8, 4) is 18.1 Å². The van der Waals surface area contributed by atoms with Crippen LogP contribution in [0.25, 0.3) is 0 Å². The van der Waals surface area contributed by atoms with Crippen molar-refractivity contribution in [1.29, 1.82) is 0 Å². The summed E-state index contributed by atoms with van der Waals surface area (Å²) in [4.78, 5) is 11.9. The van der Waals surface area contributed by atoms with E-state index in [9.17, 15) is 20.1 Å². The van der Waals surface area contributed by atoms with Crippen molar-refractivity contribution in [3.05, 3.63) is 24.3 Å². The van der Waals surface area contributed by atoms with Crippen molar-refractivity contribution in [2.24, 2.45) is 11.8 Å². The zero-order valence-electron chi connectivity index (χ0n) is 19.9. The topological polar surface area (TPSA) is 111 Å². The predicted molar refractivity (Wildman–Crippen MR) is 130 cm³/mol. The molecule has 2 rings (SSSR count). The van der Waals surface area contributed by atoms with Gasteiger partial charge in [0.15, 0.2) is 0 Å². The van der Waals surface area contributed by atoms with E-state index in [1.54, 1.807) is 31.2 Å². The van der Waals surface area contributed by atoms with E-state index in [4.69, 9.17) is 11.2 Å². The van der Waals surface area contributed by atoms with Crippen LogP contribution in [0.3, 0.4) is 0 Å². The molecule has 2 amide bonds. The second-order valence-corrected chi connectivity index (χ2v) is 9.00. The number of rotatable bonds is 14. The van der Waals surface area contributed by atoms with Gasteiger partial charge in [0, 0.05) is 18.7 Å². The Morgan fingerprint density at radius 1 is 1.15 bits per heavy atom. The molecule has 1 aliphatic rings. The van der Waals surface area contributed by atoms with Gasteiger partial charge in [-0.15, -0.1) is 12.3 Å². The number of aliphatic hydroxyl groups is 3. The summed E-state index contributed by atoms with van der Waals surface area (Å²) in [5.41, 5.74) is 0.607. The molecule has 0 bridgehead atoms. The van der Waals surface area contributed by atoms with E-state index in [-0.39, 0.29) is 11.9 Å². The van der Waals surface area contributed by atoms with Crippen LogP contribution in [0.15, 0.2) is 24.3 Å². The molecule has 1 aliphatic carbocycles. The number of unbranched alkanes of at least 4 members (excludes halogenated alkanes) is 2. The van der Waals surface area contributed by atoms with Gasteiger partial charge in [0.1, 0.15) is 24.1 Å². The Hall–Kier alpha value is -2.27. The third kappa shape index (κ3) is 8.54. The molecule has 1 aromatic carbocycles. The highest BCUT2D eigenvalue weighted by Crippen LogP contribution is 2.38. The average Bonchev–Trinajstić information content (AvgIpc) is 2.77. The van der Waals surface area contributed by atoms with Crippen LogP contribution in [0.2, 0.25) is 0 Å². The summed E-state index contributed by atoms with van der Waals surface area (Å²) in [6, 6.07) is 6.47. The summed E-state index contributed by atoms with van der Waals surface area (Å²) >= 11 is 0. The fourth-order valence-electron chi connectivity index (χ4n) is 4.25. The number of hydrogen-bond acceptors (Lipinski definition) is 5. The number of terminal acetylenes is 1. The lowest BCUT2D eigenvalue weighted by Gasteiger charge is -2.39.